The second-order valence-electron chi connectivity index (χ2n) is 4.79. The third kappa shape index (κ3) is 4.49. The molecule has 1 N–H and O–H groups in total. The van der Waals surface area contributed by atoms with Crippen molar-refractivity contribution < 1.29 is 4.79 Å². The summed E-state index contributed by atoms with van der Waals surface area (Å²) in [6.07, 6.45) is 4.28. The summed E-state index contributed by atoms with van der Waals surface area (Å²) in [7, 11) is 0. The molecule has 0 aliphatic rings. The number of aromatic nitrogens is 3. The summed E-state index contributed by atoms with van der Waals surface area (Å²) >= 11 is 1.36. The van der Waals surface area contributed by atoms with Crippen molar-refractivity contribution in [2.24, 2.45) is 0 Å². The number of unbranched alkanes of at least 4 members (excludes halogenated alkanes) is 1. The van der Waals surface area contributed by atoms with E-state index < -0.39 is 0 Å². The maximum absolute atomic E-state index is 11.9. The van der Waals surface area contributed by atoms with Gasteiger partial charge in [0.05, 0.1) is 12.0 Å². The molecule has 0 fully saturated rings. The molecule has 0 aliphatic heterocycles. The zero-order valence-corrected chi connectivity index (χ0v) is 12.9. The van der Waals surface area contributed by atoms with Gasteiger partial charge in [0, 0.05) is 17.1 Å². The highest BCUT2D eigenvalue weighted by atomic mass is 32.1. The molecule has 0 aliphatic carbocycles. The van der Waals surface area contributed by atoms with Crippen molar-refractivity contribution in [3.8, 4) is 0 Å². The molecule has 2 aromatic rings. The second-order valence-corrected chi connectivity index (χ2v) is 5.65. The Morgan fingerprint density at radius 3 is 2.90 bits per heavy atom. The third-order valence-electron chi connectivity index (χ3n) is 2.90. The van der Waals surface area contributed by atoms with Gasteiger partial charge in [-0.05, 0) is 19.8 Å². The monoisotopic (exact) mass is 306 g/mol. The van der Waals surface area contributed by atoms with E-state index in [9.17, 15) is 9.59 Å². The van der Waals surface area contributed by atoms with Gasteiger partial charge >= 0.3 is 0 Å². The molecule has 112 valence electrons. The van der Waals surface area contributed by atoms with Crippen LogP contribution in [0.5, 0.6) is 0 Å². The van der Waals surface area contributed by atoms with E-state index in [1.54, 1.807) is 0 Å². The van der Waals surface area contributed by atoms with E-state index >= 15 is 0 Å². The highest BCUT2D eigenvalue weighted by molar-refractivity contribution is 7.13. The van der Waals surface area contributed by atoms with Gasteiger partial charge in [-0.3, -0.25) is 14.2 Å². The number of amides is 1. The standard InChI is InChI=1S/C14H18N4O2S/c1-3-4-5-11-6-13(20)18(9-15-11)7-12(19)17-14-16-10(2)8-21-14/h6,8-9H,3-5,7H2,1-2H3,(H,16,17,19). The van der Waals surface area contributed by atoms with E-state index in [0.29, 0.717) is 5.13 Å². The Balaban J connectivity index is 1.99. The lowest BCUT2D eigenvalue weighted by Gasteiger charge is -2.06. The number of carbonyl (C=O) groups excluding carboxylic acids is 1. The lowest BCUT2D eigenvalue weighted by Crippen LogP contribution is -2.27. The largest absolute Gasteiger partial charge is 0.300 e. The molecule has 0 bridgehead atoms. The number of anilines is 1. The first-order valence-corrected chi connectivity index (χ1v) is 7.74. The Morgan fingerprint density at radius 1 is 1.48 bits per heavy atom. The highest BCUT2D eigenvalue weighted by Crippen LogP contribution is 2.14. The van der Waals surface area contributed by atoms with E-state index in [4.69, 9.17) is 0 Å². The molecular formula is C14H18N4O2S. The normalized spacial score (nSPS) is 10.6. The van der Waals surface area contributed by atoms with E-state index in [2.05, 4.69) is 22.2 Å². The zero-order chi connectivity index (χ0) is 15.2. The lowest BCUT2D eigenvalue weighted by molar-refractivity contribution is -0.116. The Kier molecular flexibility index (Phi) is 5.21. The average molecular weight is 306 g/mol. The fourth-order valence-corrected chi connectivity index (χ4v) is 2.51. The Hall–Kier alpha value is -2.02. The summed E-state index contributed by atoms with van der Waals surface area (Å²) in [5, 5.41) is 5.06. The molecule has 0 spiro atoms. The molecule has 7 heteroatoms. The van der Waals surface area contributed by atoms with Crippen LogP contribution in [0.15, 0.2) is 22.6 Å². The van der Waals surface area contributed by atoms with Gasteiger partial charge in [0.1, 0.15) is 6.54 Å². The maximum atomic E-state index is 11.9. The summed E-state index contributed by atoms with van der Waals surface area (Å²) in [4.78, 5) is 32.2. The van der Waals surface area contributed by atoms with Gasteiger partial charge in [-0.2, -0.15) is 0 Å². The first-order chi connectivity index (χ1) is 10.1. The van der Waals surface area contributed by atoms with Crippen LogP contribution >= 0.6 is 11.3 Å². The number of nitrogens with one attached hydrogen (secondary N) is 1. The molecule has 6 nitrogen and oxygen atoms in total. The van der Waals surface area contributed by atoms with Crippen LogP contribution in [0.2, 0.25) is 0 Å². The Morgan fingerprint density at radius 2 is 2.29 bits per heavy atom. The number of thiazole rings is 1. The molecule has 2 heterocycles. The first kappa shape index (κ1) is 15.4. The number of nitrogens with zero attached hydrogens (tertiary/aromatic N) is 3. The van der Waals surface area contributed by atoms with Crippen LogP contribution in [0.3, 0.4) is 0 Å². The van der Waals surface area contributed by atoms with Crippen molar-refractivity contribution in [3.63, 3.8) is 0 Å². The topological polar surface area (TPSA) is 76.9 Å². The minimum atomic E-state index is -0.283. The minimum absolute atomic E-state index is 0.0570. The predicted molar refractivity (Wildman–Crippen MR) is 82.6 cm³/mol. The first-order valence-electron chi connectivity index (χ1n) is 6.86. The van der Waals surface area contributed by atoms with Crippen molar-refractivity contribution in [3.05, 3.63) is 39.5 Å². The van der Waals surface area contributed by atoms with Crippen molar-refractivity contribution >= 4 is 22.4 Å². The zero-order valence-electron chi connectivity index (χ0n) is 12.1. The molecule has 0 saturated heterocycles. The number of rotatable bonds is 6. The smallest absolute Gasteiger partial charge is 0.253 e. The molecule has 0 atom stereocenters. The molecule has 2 rings (SSSR count). The molecule has 0 aromatic carbocycles. The van der Waals surface area contributed by atoms with Gasteiger partial charge in [-0.25, -0.2) is 9.97 Å². The van der Waals surface area contributed by atoms with Gasteiger partial charge in [0.25, 0.3) is 5.56 Å². The van der Waals surface area contributed by atoms with E-state index in [1.807, 2.05) is 12.3 Å². The summed E-state index contributed by atoms with van der Waals surface area (Å²) in [5.41, 5.74) is 1.42. The molecule has 0 unspecified atom stereocenters. The number of carbonyl (C=O) groups is 1. The summed E-state index contributed by atoms with van der Waals surface area (Å²) < 4.78 is 1.30. The maximum Gasteiger partial charge on any atom is 0.253 e. The molecule has 21 heavy (non-hydrogen) atoms. The van der Waals surface area contributed by atoms with E-state index in [-0.39, 0.29) is 18.0 Å². The van der Waals surface area contributed by atoms with Crippen LogP contribution < -0.4 is 10.9 Å². The molecule has 2 aromatic heterocycles. The fraction of sp³-hybridized carbons (Fsp3) is 0.429. The van der Waals surface area contributed by atoms with E-state index in [0.717, 1.165) is 30.7 Å². The molecule has 1 amide bonds. The van der Waals surface area contributed by atoms with Crippen LogP contribution in [0.25, 0.3) is 0 Å². The fourth-order valence-electron chi connectivity index (χ4n) is 1.80. The van der Waals surface area contributed by atoms with Crippen molar-refractivity contribution in [1.82, 2.24) is 14.5 Å². The summed E-state index contributed by atoms with van der Waals surface area (Å²) in [5.74, 6) is -0.283. The van der Waals surface area contributed by atoms with Gasteiger partial charge < -0.3 is 5.32 Å². The quantitative estimate of drug-likeness (QED) is 0.885. The second kappa shape index (κ2) is 7.12. The average Bonchev–Trinajstić information content (AvgIpc) is 2.84. The molecule has 0 radical (unpaired) electrons. The van der Waals surface area contributed by atoms with Gasteiger partial charge in [0.15, 0.2) is 5.13 Å². The number of hydrogen-bond acceptors (Lipinski definition) is 5. The van der Waals surface area contributed by atoms with Crippen LogP contribution in [0, 0.1) is 6.92 Å². The van der Waals surface area contributed by atoms with Gasteiger partial charge in [0.2, 0.25) is 5.91 Å². The predicted octanol–water partition coefficient (Wildman–Crippen LogP) is 1.99. The SMILES string of the molecule is CCCCc1cc(=O)n(CC(=O)Nc2nc(C)cs2)cn1. The van der Waals surface area contributed by atoms with Gasteiger partial charge in [-0.1, -0.05) is 13.3 Å². The van der Waals surface area contributed by atoms with Crippen molar-refractivity contribution in [2.45, 2.75) is 39.7 Å². The molecule has 0 saturated carbocycles. The van der Waals surface area contributed by atoms with Crippen LogP contribution in [-0.2, 0) is 17.8 Å². The van der Waals surface area contributed by atoms with E-state index in [1.165, 1.54) is 28.3 Å². The minimum Gasteiger partial charge on any atom is -0.300 e. The Labute approximate surface area is 126 Å². The Bertz CT molecular complexity index is 678. The van der Waals surface area contributed by atoms with Crippen LogP contribution in [-0.4, -0.2) is 20.4 Å². The van der Waals surface area contributed by atoms with Gasteiger partial charge in [-0.15, -0.1) is 11.3 Å². The summed E-state index contributed by atoms with van der Waals surface area (Å²) in [6, 6.07) is 1.50. The van der Waals surface area contributed by atoms with Crippen molar-refractivity contribution in [1.29, 1.82) is 0 Å². The number of hydrogen-bond donors (Lipinski definition) is 1. The van der Waals surface area contributed by atoms with Crippen LogP contribution in [0.1, 0.15) is 31.2 Å². The molecular weight excluding hydrogens is 288 g/mol. The van der Waals surface area contributed by atoms with Crippen LogP contribution in [0.4, 0.5) is 5.13 Å². The summed E-state index contributed by atoms with van der Waals surface area (Å²) in [6.45, 7) is 3.89. The third-order valence-corrected chi connectivity index (χ3v) is 3.78. The highest BCUT2D eigenvalue weighted by Gasteiger charge is 2.08. The lowest BCUT2D eigenvalue weighted by atomic mass is 10.2. The number of aryl methyl sites for hydroxylation is 2. The van der Waals surface area contributed by atoms with Crippen molar-refractivity contribution in [2.75, 3.05) is 5.32 Å².